The second kappa shape index (κ2) is 13.5. The first-order valence-electron chi connectivity index (χ1n) is 17.3. The molecule has 3 heteroatoms. The smallest absolute Gasteiger partial charge is 0.0661 e. The van der Waals surface area contributed by atoms with Crippen molar-refractivity contribution in [3.63, 3.8) is 0 Å². The van der Waals surface area contributed by atoms with E-state index in [1.807, 2.05) is 11.3 Å². The predicted molar refractivity (Wildman–Crippen MR) is 220 cm³/mol. The van der Waals surface area contributed by atoms with Crippen molar-refractivity contribution in [3.8, 4) is 22.3 Å². The third kappa shape index (κ3) is 5.94. The molecular formula is C48H34N2S. The standard InChI is InChI=1S/C48H34N2S/c1-5-15-35(16-6-1)37-25-29-41(30-26-37)49(39-19-9-3-10-20-39)43-33-45-44-23-13-14-24-47(44)51-48(45)46(34-43)50(40-21-11-4-12-22-40)42-31-27-38(28-32-42)36-17-7-2-8-18-36/h1-34H. The van der Waals surface area contributed by atoms with Crippen molar-refractivity contribution < 1.29 is 0 Å². The molecule has 9 rings (SSSR count). The minimum absolute atomic E-state index is 1.10. The topological polar surface area (TPSA) is 6.48 Å². The Morgan fingerprint density at radius 2 is 0.706 bits per heavy atom. The Kier molecular flexibility index (Phi) is 8.09. The van der Waals surface area contributed by atoms with E-state index in [2.05, 4.69) is 216 Å². The molecule has 0 saturated heterocycles. The minimum atomic E-state index is 1.10. The van der Waals surface area contributed by atoms with Crippen LogP contribution in [0, 0.1) is 0 Å². The number of benzene rings is 8. The Balaban J connectivity index is 1.27. The third-order valence-corrected chi connectivity index (χ3v) is 10.6. The first kappa shape index (κ1) is 30.6. The third-order valence-electron chi connectivity index (χ3n) is 9.44. The van der Waals surface area contributed by atoms with E-state index in [9.17, 15) is 0 Å². The fraction of sp³-hybridized carbons (Fsp3) is 0. The van der Waals surface area contributed by atoms with Crippen molar-refractivity contribution in [2.75, 3.05) is 9.80 Å². The zero-order valence-corrected chi connectivity index (χ0v) is 28.7. The van der Waals surface area contributed by atoms with Crippen molar-refractivity contribution in [3.05, 3.63) is 206 Å². The molecule has 0 saturated carbocycles. The summed E-state index contributed by atoms with van der Waals surface area (Å²) < 4.78 is 2.53. The molecule has 0 atom stereocenters. The molecule has 0 radical (unpaired) electrons. The number of anilines is 6. The molecule has 8 aromatic carbocycles. The van der Waals surface area contributed by atoms with Crippen molar-refractivity contribution in [1.29, 1.82) is 0 Å². The molecule has 1 aromatic heterocycles. The zero-order valence-electron chi connectivity index (χ0n) is 27.9. The van der Waals surface area contributed by atoms with Gasteiger partial charge in [-0.1, -0.05) is 140 Å². The van der Waals surface area contributed by atoms with E-state index >= 15 is 0 Å². The molecule has 51 heavy (non-hydrogen) atoms. The lowest BCUT2D eigenvalue weighted by molar-refractivity contribution is 1.26. The molecule has 0 spiro atoms. The molecular weight excluding hydrogens is 637 g/mol. The SMILES string of the molecule is c1ccc(-c2ccc(N(c3ccccc3)c3cc(N(c4ccccc4)c4ccc(-c5ccccc5)cc4)c4sc5ccccc5c4c3)cc2)cc1. The van der Waals surface area contributed by atoms with E-state index in [4.69, 9.17) is 0 Å². The number of fused-ring (bicyclic) bond motifs is 3. The average Bonchev–Trinajstić information content (AvgIpc) is 3.59. The molecule has 0 aliphatic carbocycles. The summed E-state index contributed by atoms with van der Waals surface area (Å²) >= 11 is 1.86. The molecule has 0 unspecified atom stereocenters. The summed E-state index contributed by atoms with van der Waals surface area (Å²) in [7, 11) is 0. The van der Waals surface area contributed by atoms with Gasteiger partial charge in [0.15, 0.2) is 0 Å². The van der Waals surface area contributed by atoms with Gasteiger partial charge in [-0.05, 0) is 89.0 Å². The van der Waals surface area contributed by atoms with E-state index < -0.39 is 0 Å². The van der Waals surface area contributed by atoms with Gasteiger partial charge in [-0.25, -0.2) is 0 Å². The van der Waals surface area contributed by atoms with Crippen molar-refractivity contribution in [1.82, 2.24) is 0 Å². The predicted octanol–water partition coefficient (Wildman–Crippen LogP) is 14.3. The number of para-hydroxylation sites is 2. The van der Waals surface area contributed by atoms with Gasteiger partial charge in [0.05, 0.1) is 10.4 Å². The van der Waals surface area contributed by atoms with Crippen LogP contribution in [0.5, 0.6) is 0 Å². The highest BCUT2D eigenvalue weighted by Gasteiger charge is 2.22. The monoisotopic (exact) mass is 670 g/mol. The second-order valence-corrected chi connectivity index (χ2v) is 13.7. The number of hydrogen-bond donors (Lipinski definition) is 0. The van der Waals surface area contributed by atoms with Gasteiger partial charge >= 0.3 is 0 Å². The highest BCUT2D eigenvalue weighted by molar-refractivity contribution is 7.26. The summed E-state index contributed by atoms with van der Waals surface area (Å²) in [5, 5.41) is 2.51. The molecule has 0 amide bonds. The Labute approximate surface area is 302 Å². The number of hydrogen-bond acceptors (Lipinski definition) is 3. The van der Waals surface area contributed by atoms with Crippen LogP contribution in [0.25, 0.3) is 42.4 Å². The summed E-state index contributed by atoms with van der Waals surface area (Å²) in [6.07, 6.45) is 0. The Morgan fingerprint density at radius 1 is 0.294 bits per heavy atom. The van der Waals surface area contributed by atoms with Crippen LogP contribution < -0.4 is 9.80 Å². The highest BCUT2D eigenvalue weighted by Crippen LogP contribution is 2.49. The van der Waals surface area contributed by atoms with E-state index in [0.717, 1.165) is 34.1 Å². The van der Waals surface area contributed by atoms with Crippen LogP contribution in [0.4, 0.5) is 34.1 Å². The van der Waals surface area contributed by atoms with Gasteiger partial charge in [0.2, 0.25) is 0 Å². The molecule has 9 aromatic rings. The minimum Gasteiger partial charge on any atom is -0.310 e. The van der Waals surface area contributed by atoms with Crippen LogP contribution >= 0.6 is 11.3 Å². The maximum Gasteiger partial charge on any atom is 0.0661 e. The van der Waals surface area contributed by atoms with Gasteiger partial charge in [0, 0.05) is 43.9 Å². The van der Waals surface area contributed by atoms with Crippen molar-refractivity contribution >= 4 is 65.6 Å². The second-order valence-electron chi connectivity index (χ2n) is 12.6. The van der Waals surface area contributed by atoms with Crippen LogP contribution in [0.15, 0.2) is 206 Å². The molecule has 0 aliphatic heterocycles. The maximum atomic E-state index is 2.41. The van der Waals surface area contributed by atoms with Crippen LogP contribution in [-0.4, -0.2) is 0 Å². The number of thiophene rings is 1. The molecule has 0 fully saturated rings. The van der Waals surface area contributed by atoms with E-state index in [0.29, 0.717) is 0 Å². The zero-order chi connectivity index (χ0) is 34.0. The summed E-state index contributed by atoms with van der Waals surface area (Å²) in [6, 6.07) is 74.0. The summed E-state index contributed by atoms with van der Waals surface area (Å²) in [5.74, 6) is 0. The van der Waals surface area contributed by atoms with Gasteiger partial charge in [0.1, 0.15) is 0 Å². The lowest BCUT2D eigenvalue weighted by Crippen LogP contribution is -2.13. The summed E-state index contributed by atoms with van der Waals surface area (Å²) in [6.45, 7) is 0. The normalized spacial score (nSPS) is 11.1. The fourth-order valence-electron chi connectivity index (χ4n) is 6.99. The van der Waals surface area contributed by atoms with Gasteiger partial charge in [-0.15, -0.1) is 11.3 Å². The van der Waals surface area contributed by atoms with Gasteiger partial charge in [0.25, 0.3) is 0 Å². The summed E-state index contributed by atoms with van der Waals surface area (Å²) in [4.78, 5) is 4.80. The molecule has 0 aliphatic rings. The lowest BCUT2D eigenvalue weighted by atomic mass is 10.0. The molecule has 0 bridgehead atoms. The Hall–Kier alpha value is -6.42. The lowest BCUT2D eigenvalue weighted by Gasteiger charge is -2.30. The van der Waals surface area contributed by atoms with Crippen LogP contribution in [0.2, 0.25) is 0 Å². The van der Waals surface area contributed by atoms with Gasteiger partial charge in [-0.2, -0.15) is 0 Å². The Morgan fingerprint density at radius 3 is 1.25 bits per heavy atom. The largest absolute Gasteiger partial charge is 0.310 e. The fourth-order valence-corrected chi connectivity index (χ4v) is 8.17. The van der Waals surface area contributed by atoms with Crippen LogP contribution in [0.3, 0.4) is 0 Å². The van der Waals surface area contributed by atoms with Gasteiger partial charge < -0.3 is 9.80 Å². The highest BCUT2D eigenvalue weighted by atomic mass is 32.1. The first-order chi connectivity index (χ1) is 25.3. The quantitative estimate of drug-likeness (QED) is 0.159. The summed E-state index contributed by atoms with van der Waals surface area (Å²) in [5.41, 5.74) is 11.5. The molecule has 242 valence electrons. The number of rotatable bonds is 8. The van der Waals surface area contributed by atoms with Crippen molar-refractivity contribution in [2.24, 2.45) is 0 Å². The number of nitrogens with zero attached hydrogens (tertiary/aromatic N) is 2. The van der Waals surface area contributed by atoms with Gasteiger partial charge in [-0.3, -0.25) is 0 Å². The average molecular weight is 671 g/mol. The maximum absolute atomic E-state index is 2.41. The van der Waals surface area contributed by atoms with Crippen LogP contribution in [0.1, 0.15) is 0 Å². The van der Waals surface area contributed by atoms with Crippen LogP contribution in [-0.2, 0) is 0 Å². The Bertz CT molecular complexity index is 2540. The van der Waals surface area contributed by atoms with E-state index in [1.165, 1.54) is 42.4 Å². The first-order valence-corrected chi connectivity index (χ1v) is 18.1. The van der Waals surface area contributed by atoms with E-state index in [-0.39, 0.29) is 0 Å². The molecule has 2 nitrogen and oxygen atoms in total. The molecule has 1 heterocycles. The molecule has 0 N–H and O–H groups in total. The van der Waals surface area contributed by atoms with Crippen molar-refractivity contribution in [2.45, 2.75) is 0 Å². The van der Waals surface area contributed by atoms with E-state index in [1.54, 1.807) is 0 Å².